The van der Waals surface area contributed by atoms with Gasteiger partial charge in [0.2, 0.25) is 0 Å². The molecule has 0 fully saturated rings. The number of nitrogens with zero attached hydrogens (tertiary/aromatic N) is 1. The minimum absolute atomic E-state index is 0.192. The second-order valence-electron chi connectivity index (χ2n) is 5.52. The van der Waals surface area contributed by atoms with Crippen molar-refractivity contribution in [3.8, 4) is 5.75 Å². The van der Waals surface area contributed by atoms with Gasteiger partial charge in [-0.3, -0.25) is 4.99 Å². The zero-order valence-corrected chi connectivity index (χ0v) is 13.1. The number of guanidine groups is 1. The van der Waals surface area contributed by atoms with E-state index in [1.165, 1.54) is 5.56 Å². The maximum atomic E-state index is 5.71. The van der Waals surface area contributed by atoms with E-state index in [2.05, 4.69) is 39.9 Å². The van der Waals surface area contributed by atoms with Crippen LogP contribution in [0.1, 0.15) is 32.3 Å². The zero-order valence-electron chi connectivity index (χ0n) is 13.1. The molecule has 0 heterocycles. The summed E-state index contributed by atoms with van der Waals surface area (Å²) in [7, 11) is 1.80. The molecule has 0 unspecified atom stereocenters. The molecule has 0 spiro atoms. The standard InChI is InChI=1S/C17H25N3O/c1-13(2)21-16-10-6-7-14(11-16)12-19-17(18-3)20-15-8-4-5-9-15/h4-7,10-11,13,15H,8-9,12H2,1-3H3,(H2,18,19,20). The Morgan fingerprint density at radius 3 is 2.76 bits per heavy atom. The smallest absolute Gasteiger partial charge is 0.191 e. The zero-order chi connectivity index (χ0) is 15.1. The highest BCUT2D eigenvalue weighted by molar-refractivity contribution is 5.80. The van der Waals surface area contributed by atoms with Crippen molar-refractivity contribution in [2.75, 3.05) is 7.05 Å². The Balaban J connectivity index is 1.86. The molecule has 0 saturated heterocycles. The SMILES string of the molecule is CN=C(NCc1cccc(OC(C)C)c1)NC1CC=CC1. The van der Waals surface area contributed by atoms with Gasteiger partial charge in [0.25, 0.3) is 0 Å². The molecule has 114 valence electrons. The van der Waals surface area contributed by atoms with Crippen LogP contribution in [0.3, 0.4) is 0 Å². The molecule has 4 nitrogen and oxygen atoms in total. The fourth-order valence-corrected chi connectivity index (χ4v) is 2.31. The minimum Gasteiger partial charge on any atom is -0.491 e. The third-order valence-corrected chi connectivity index (χ3v) is 3.30. The molecular weight excluding hydrogens is 262 g/mol. The van der Waals surface area contributed by atoms with Gasteiger partial charge in [0, 0.05) is 19.6 Å². The van der Waals surface area contributed by atoms with Crippen LogP contribution in [-0.4, -0.2) is 25.2 Å². The molecule has 1 aromatic carbocycles. The topological polar surface area (TPSA) is 45.7 Å². The first-order valence-electron chi connectivity index (χ1n) is 7.55. The number of aliphatic imine (C=N–C) groups is 1. The Morgan fingerprint density at radius 1 is 1.33 bits per heavy atom. The van der Waals surface area contributed by atoms with Crippen molar-refractivity contribution in [1.82, 2.24) is 10.6 Å². The predicted molar refractivity (Wildman–Crippen MR) is 87.7 cm³/mol. The van der Waals surface area contributed by atoms with Crippen molar-refractivity contribution in [2.45, 2.75) is 45.4 Å². The monoisotopic (exact) mass is 287 g/mol. The van der Waals surface area contributed by atoms with E-state index < -0.39 is 0 Å². The molecule has 0 aliphatic heterocycles. The van der Waals surface area contributed by atoms with Crippen molar-refractivity contribution >= 4 is 5.96 Å². The highest BCUT2D eigenvalue weighted by Gasteiger charge is 2.11. The van der Waals surface area contributed by atoms with Crippen molar-refractivity contribution in [3.05, 3.63) is 42.0 Å². The van der Waals surface area contributed by atoms with Crippen molar-refractivity contribution < 1.29 is 4.74 Å². The molecule has 2 rings (SSSR count). The fraction of sp³-hybridized carbons (Fsp3) is 0.471. The van der Waals surface area contributed by atoms with Crippen LogP contribution in [0.15, 0.2) is 41.4 Å². The quantitative estimate of drug-likeness (QED) is 0.497. The van der Waals surface area contributed by atoms with Crippen LogP contribution in [-0.2, 0) is 6.54 Å². The summed E-state index contributed by atoms with van der Waals surface area (Å²) >= 11 is 0. The molecule has 1 aliphatic carbocycles. The van der Waals surface area contributed by atoms with Gasteiger partial charge in [-0.2, -0.15) is 0 Å². The van der Waals surface area contributed by atoms with Gasteiger partial charge in [0.15, 0.2) is 5.96 Å². The number of hydrogen-bond acceptors (Lipinski definition) is 2. The largest absolute Gasteiger partial charge is 0.491 e. The van der Waals surface area contributed by atoms with Crippen LogP contribution < -0.4 is 15.4 Å². The second-order valence-corrected chi connectivity index (χ2v) is 5.52. The summed E-state index contributed by atoms with van der Waals surface area (Å²) in [4.78, 5) is 4.27. The Labute approximate surface area is 127 Å². The molecule has 0 amide bonds. The molecule has 0 radical (unpaired) electrons. The fourth-order valence-electron chi connectivity index (χ4n) is 2.31. The van der Waals surface area contributed by atoms with Crippen LogP contribution in [0.4, 0.5) is 0 Å². The Morgan fingerprint density at radius 2 is 2.10 bits per heavy atom. The van der Waals surface area contributed by atoms with E-state index in [0.717, 1.165) is 31.1 Å². The lowest BCUT2D eigenvalue weighted by molar-refractivity contribution is 0.242. The van der Waals surface area contributed by atoms with E-state index in [1.54, 1.807) is 7.05 Å². The first-order valence-corrected chi connectivity index (χ1v) is 7.55. The van der Waals surface area contributed by atoms with E-state index in [1.807, 2.05) is 26.0 Å². The third-order valence-electron chi connectivity index (χ3n) is 3.30. The van der Waals surface area contributed by atoms with E-state index >= 15 is 0 Å². The summed E-state index contributed by atoms with van der Waals surface area (Å²) in [6.07, 6.45) is 6.74. The molecule has 2 N–H and O–H groups in total. The molecule has 4 heteroatoms. The third kappa shape index (κ3) is 5.14. The van der Waals surface area contributed by atoms with Crippen LogP contribution in [0.5, 0.6) is 5.75 Å². The van der Waals surface area contributed by atoms with Gasteiger partial charge in [-0.1, -0.05) is 24.3 Å². The van der Waals surface area contributed by atoms with Gasteiger partial charge in [0.05, 0.1) is 6.10 Å². The van der Waals surface area contributed by atoms with Crippen LogP contribution in [0.2, 0.25) is 0 Å². The first-order chi connectivity index (χ1) is 10.2. The summed E-state index contributed by atoms with van der Waals surface area (Å²) in [6.45, 7) is 4.80. The predicted octanol–water partition coefficient (Wildman–Crippen LogP) is 2.86. The van der Waals surface area contributed by atoms with Gasteiger partial charge in [-0.25, -0.2) is 0 Å². The van der Waals surface area contributed by atoms with Crippen molar-refractivity contribution in [1.29, 1.82) is 0 Å². The lowest BCUT2D eigenvalue weighted by Crippen LogP contribution is -2.42. The first kappa shape index (κ1) is 15.4. The Hall–Kier alpha value is -1.97. The van der Waals surface area contributed by atoms with E-state index in [0.29, 0.717) is 6.04 Å². The molecule has 21 heavy (non-hydrogen) atoms. The lowest BCUT2D eigenvalue weighted by atomic mass is 10.2. The van der Waals surface area contributed by atoms with Gasteiger partial charge >= 0.3 is 0 Å². The number of benzene rings is 1. The van der Waals surface area contributed by atoms with Crippen molar-refractivity contribution in [2.24, 2.45) is 4.99 Å². The van der Waals surface area contributed by atoms with E-state index in [9.17, 15) is 0 Å². The average Bonchev–Trinajstić information content (AvgIpc) is 2.96. The summed E-state index contributed by atoms with van der Waals surface area (Å²) in [5.74, 6) is 1.76. The molecule has 0 aromatic heterocycles. The number of ether oxygens (including phenoxy) is 1. The Kier molecular flexibility index (Phi) is 5.67. The number of nitrogens with one attached hydrogen (secondary N) is 2. The van der Waals surface area contributed by atoms with Crippen LogP contribution in [0, 0.1) is 0 Å². The highest BCUT2D eigenvalue weighted by atomic mass is 16.5. The summed E-state index contributed by atoms with van der Waals surface area (Å²) < 4.78 is 5.71. The van der Waals surface area contributed by atoms with Gasteiger partial charge < -0.3 is 15.4 Å². The Bertz CT molecular complexity index is 501. The molecule has 0 bridgehead atoms. The summed E-state index contributed by atoms with van der Waals surface area (Å²) in [5.41, 5.74) is 1.18. The lowest BCUT2D eigenvalue weighted by Gasteiger charge is -2.17. The van der Waals surface area contributed by atoms with Crippen molar-refractivity contribution in [3.63, 3.8) is 0 Å². The maximum absolute atomic E-state index is 5.71. The van der Waals surface area contributed by atoms with Gasteiger partial charge in [-0.15, -0.1) is 0 Å². The van der Waals surface area contributed by atoms with Crippen LogP contribution in [0.25, 0.3) is 0 Å². The molecule has 1 aromatic rings. The van der Waals surface area contributed by atoms with Gasteiger partial charge in [0.1, 0.15) is 5.75 Å². The van der Waals surface area contributed by atoms with Crippen LogP contribution >= 0.6 is 0 Å². The second kappa shape index (κ2) is 7.72. The molecule has 0 atom stereocenters. The number of hydrogen-bond donors (Lipinski definition) is 2. The highest BCUT2D eigenvalue weighted by Crippen LogP contribution is 2.15. The maximum Gasteiger partial charge on any atom is 0.191 e. The summed E-state index contributed by atoms with van der Waals surface area (Å²) in [5, 5.41) is 6.78. The van der Waals surface area contributed by atoms with E-state index in [-0.39, 0.29) is 6.10 Å². The molecular formula is C17H25N3O. The van der Waals surface area contributed by atoms with E-state index in [4.69, 9.17) is 4.74 Å². The number of rotatable bonds is 5. The minimum atomic E-state index is 0.192. The van der Waals surface area contributed by atoms with Gasteiger partial charge in [-0.05, 0) is 44.4 Å². The molecule has 1 aliphatic rings. The normalized spacial score (nSPS) is 15.5. The summed E-state index contributed by atoms with van der Waals surface area (Å²) in [6, 6.07) is 8.63. The average molecular weight is 287 g/mol. The molecule has 0 saturated carbocycles.